The Labute approximate surface area is 276 Å². The lowest BCUT2D eigenvalue weighted by Gasteiger charge is -2.37. The maximum atomic E-state index is 13.8. The molecule has 260 valence electrons. The fraction of sp³-hybridized carbons (Fsp3) is 0.469. The molecule has 15 nitrogen and oxygen atoms in total. The van der Waals surface area contributed by atoms with Crippen molar-refractivity contribution in [1.29, 1.82) is 5.41 Å². The van der Waals surface area contributed by atoms with Gasteiger partial charge in [-0.05, 0) is 54.9 Å². The molecule has 2 aromatic rings. The van der Waals surface area contributed by atoms with E-state index >= 15 is 0 Å². The number of hydrogen-bond donors (Lipinski definition) is 8. The van der Waals surface area contributed by atoms with E-state index in [0.29, 0.717) is 24.8 Å². The molecule has 2 aromatic carbocycles. The zero-order valence-corrected chi connectivity index (χ0v) is 26.5. The minimum atomic E-state index is -1.41. The van der Waals surface area contributed by atoms with Crippen LogP contribution in [0.3, 0.4) is 0 Å². The van der Waals surface area contributed by atoms with Gasteiger partial charge in [-0.2, -0.15) is 0 Å². The normalized spacial score (nSPS) is 16.2. The summed E-state index contributed by atoms with van der Waals surface area (Å²) in [5, 5.41) is 28.5. The molecule has 48 heavy (non-hydrogen) atoms. The number of halogens is 1. The van der Waals surface area contributed by atoms with E-state index in [-0.39, 0.29) is 44.7 Å². The average molecular weight is 671 g/mol. The van der Waals surface area contributed by atoms with E-state index < -0.39 is 72.8 Å². The number of carbonyl (C=O) groups is 6. The first kappa shape index (κ1) is 37.2. The van der Waals surface area contributed by atoms with Gasteiger partial charge in [0.15, 0.2) is 12.6 Å². The fourth-order valence-electron chi connectivity index (χ4n) is 5.59. The van der Waals surface area contributed by atoms with Crippen LogP contribution in [0.15, 0.2) is 42.5 Å². The van der Waals surface area contributed by atoms with Gasteiger partial charge in [-0.15, -0.1) is 0 Å². The number of fused-ring (bicyclic) bond motifs is 1. The lowest BCUT2D eigenvalue weighted by atomic mass is 9.97. The number of primary amides is 1. The third-order valence-corrected chi connectivity index (χ3v) is 8.02. The maximum Gasteiger partial charge on any atom is 0.303 e. The van der Waals surface area contributed by atoms with Crippen LogP contribution < -0.4 is 32.7 Å². The average Bonchev–Trinajstić information content (AvgIpc) is 3.06. The summed E-state index contributed by atoms with van der Waals surface area (Å²) >= 11 is 0. The van der Waals surface area contributed by atoms with Crippen LogP contribution >= 0.6 is 0 Å². The van der Waals surface area contributed by atoms with Gasteiger partial charge in [0.25, 0.3) is 5.91 Å². The van der Waals surface area contributed by atoms with Crippen LogP contribution in [0.25, 0.3) is 10.8 Å². The van der Waals surface area contributed by atoms with Gasteiger partial charge in [-0.3, -0.25) is 34.2 Å². The SMILES string of the molecule is N=C(N)NCCCC(NC(=O)C(Cc1ccc2ccccc2c1)NC(=O)[C@@H]1CCCCN1C(=O)C(CCC(=O)O)NC(=O)CF)C(N)=O. The standard InChI is InChI=1S/C32H43FN8O7/c33-18-26(42)38-23(12-13-27(43)44)31(48)41-15-4-3-9-25(41)30(47)40-24(17-19-10-11-20-6-1-2-7-21(20)16-19)29(46)39-22(28(34)45)8-5-14-37-32(35)36/h1-2,6-7,10-11,16,22-25H,3-5,8-9,12-15,17-18H2,(H2,34,45)(H,38,42)(H,39,46)(H,40,47)(H,43,44)(H4,35,36,37)/t22?,23?,24?,25-/m0/s1. The molecule has 1 aliphatic heterocycles. The molecule has 0 spiro atoms. The molecule has 1 aliphatic rings. The number of aliphatic carboxylic acids is 1. The Bertz CT molecular complexity index is 1510. The number of benzene rings is 2. The molecule has 0 aliphatic carbocycles. The largest absolute Gasteiger partial charge is 0.481 e. The van der Waals surface area contributed by atoms with E-state index in [1.54, 1.807) is 0 Å². The number of likely N-dealkylation sites (tertiary alicyclic amines) is 1. The third-order valence-electron chi connectivity index (χ3n) is 8.02. The van der Waals surface area contributed by atoms with Crippen LogP contribution in [0, 0.1) is 5.41 Å². The van der Waals surface area contributed by atoms with Crippen molar-refractivity contribution in [1.82, 2.24) is 26.2 Å². The Kier molecular flexibility index (Phi) is 14.1. The first-order valence-electron chi connectivity index (χ1n) is 15.7. The van der Waals surface area contributed by atoms with Gasteiger partial charge in [0, 0.05) is 25.9 Å². The quantitative estimate of drug-likeness (QED) is 0.0630. The molecule has 16 heteroatoms. The number of rotatable bonds is 17. The molecule has 1 saturated heterocycles. The molecule has 4 atom stereocenters. The van der Waals surface area contributed by atoms with Crippen molar-refractivity contribution in [3.63, 3.8) is 0 Å². The number of alkyl halides is 1. The number of carbonyl (C=O) groups excluding carboxylic acids is 5. The number of guanidine groups is 1. The van der Waals surface area contributed by atoms with Gasteiger partial charge in [0.05, 0.1) is 0 Å². The van der Waals surface area contributed by atoms with Crippen LogP contribution in [0.4, 0.5) is 4.39 Å². The van der Waals surface area contributed by atoms with E-state index in [2.05, 4.69) is 21.3 Å². The fourth-order valence-corrected chi connectivity index (χ4v) is 5.59. The van der Waals surface area contributed by atoms with E-state index in [9.17, 15) is 33.2 Å². The zero-order valence-electron chi connectivity index (χ0n) is 26.5. The number of carboxylic acids is 1. The molecule has 1 heterocycles. The van der Waals surface area contributed by atoms with Crippen molar-refractivity contribution in [3.05, 3.63) is 48.0 Å². The molecular weight excluding hydrogens is 627 g/mol. The second kappa shape index (κ2) is 18.2. The lowest BCUT2D eigenvalue weighted by molar-refractivity contribution is -0.146. The van der Waals surface area contributed by atoms with E-state index in [0.717, 1.165) is 10.8 Å². The van der Waals surface area contributed by atoms with Gasteiger partial charge in [0.1, 0.15) is 24.2 Å². The molecule has 0 saturated carbocycles. The van der Waals surface area contributed by atoms with Gasteiger partial charge >= 0.3 is 5.97 Å². The molecule has 10 N–H and O–H groups in total. The van der Waals surface area contributed by atoms with E-state index in [1.807, 2.05) is 42.5 Å². The molecular formula is C32H43FN8O7. The second-order valence-electron chi connectivity index (χ2n) is 11.6. The van der Waals surface area contributed by atoms with Gasteiger partial charge in [0.2, 0.25) is 23.6 Å². The Morgan fingerprint density at radius 3 is 2.33 bits per heavy atom. The summed E-state index contributed by atoms with van der Waals surface area (Å²) in [5.74, 6) is -5.45. The highest BCUT2D eigenvalue weighted by Gasteiger charge is 2.38. The Hall–Kier alpha value is -5.28. The molecule has 0 radical (unpaired) electrons. The van der Waals surface area contributed by atoms with Crippen molar-refractivity contribution in [2.24, 2.45) is 11.5 Å². The minimum Gasteiger partial charge on any atom is -0.481 e. The predicted molar refractivity (Wildman–Crippen MR) is 174 cm³/mol. The topological polar surface area (TPSA) is 250 Å². The maximum absolute atomic E-state index is 13.8. The number of nitrogens with one attached hydrogen (secondary N) is 5. The summed E-state index contributed by atoms with van der Waals surface area (Å²) in [6.45, 7) is -1.03. The minimum absolute atomic E-state index is 0.0221. The zero-order chi connectivity index (χ0) is 35.2. The second-order valence-corrected chi connectivity index (χ2v) is 11.6. The summed E-state index contributed by atoms with van der Waals surface area (Å²) in [6.07, 6.45) is 1.02. The number of piperidine rings is 1. The van der Waals surface area contributed by atoms with Gasteiger partial charge in [-0.1, -0.05) is 42.5 Å². The number of nitrogens with zero attached hydrogens (tertiary/aromatic N) is 1. The van der Waals surface area contributed by atoms with Crippen LogP contribution in [-0.4, -0.2) is 95.4 Å². The van der Waals surface area contributed by atoms with Crippen LogP contribution in [-0.2, 0) is 35.2 Å². The van der Waals surface area contributed by atoms with Gasteiger partial charge < -0.3 is 42.7 Å². The summed E-state index contributed by atoms with van der Waals surface area (Å²) < 4.78 is 13.0. The number of nitrogens with two attached hydrogens (primary N) is 2. The molecule has 0 bridgehead atoms. The molecule has 1 fully saturated rings. The summed E-state index contributed by atoms with van der Waals surface area (Å²) in [6, 6.07) is 8.40. The van der Waals surface area contributed by atoms with Crippen LogP contribution in [0.5, 0.6) is 0 Å². The smallest absolute Gasteiger partial charge is 0.303 e. The summed E-state index contributed by atoms with van der Waals surface area (Å²) in [4.78, 5) is 77.6. The van der Waals surface area contributed by atoms with E-state index in [1.165, 1.54) is 4.90 Å². The lowest BCUT2D eigenvalue weighted by Crippen LogP contribution is -2.60. The first-order valence-corrected chi connectivity index (χ1v) is 15.7. The third kappa shape index (κ3) is 11.2. The van der Waals surface area contributed by atoms with Gasteiger partial charge in [-0.25, -0.2) is 4.39 Å². The Morgan fingerprint density at radius 2 is 1.67 bits per heavy atom. The Balaban J connectivity index is 1.85. The highest BCUT2D eigenvalue weighted by atomic mass is 19.1. The van der Waals surface area contributed by atoms with E-state index in [4.69, 9.17) is 22.0 Å². The monoisotopic (exact) mass is 670 g/mol. The first-order chi connectivity index (χ1) is 22.9. The van der Waals surface area contributed by atoms with Crippen LogP contribution in [0.2, 0.25) is 0 Å². The highest BCUT2D eigenvalue weighted by molar-refractivity contribution is 5.96. The highest BCUT2D eigenvalue weighted by Crippen LogP contribution is 2.21. The summed E-state index contributed by atoms with van der Waals surface area (Å²) in [5.41, 5.74) is 11.6. The molecule has 3 rings (SSSR count). The predicted octanol–water partition coefficient (Wildman–Crippen LogP) is -0.199. The van der Waals surface area contributed by atoms with Crippen molar-refractivity contribution in [2.45, 2.75) is 75.5 Å². The molecule has 5 amide bonds. The van der Waals surface area contributed by atoms with Crippen molar-refractivity contribution in [3.8, 4) is 0 Å². The number of hydrogen-bond acceptors (Lipinski definition) is 7. The molecule has 0 aromatic heterocycles. The Morgan fingerprint density at radius 1 is 0.938 bits per heavy atom. The number of amides is 5. The molecule has 3 unspecified atom stereocenters. The number of carboxylic acid groups (broad SMARTS) is 1. The van der Waals surface area contributed by atoms with Crippen molar-refractivity contribution < 1.29 is 38.3 Å². The van der Waals surface area contributed by atoms with Crippen molar-refractivity contribution >= 4 is 52.2 Å². The van der Waals surface area contributed by atoms with Crippen molar-refractivity contribution in [2.75, 3.05) is 19.8 Å². The van der Waals surface area contributed by atoms with Crippen LogP contribution in [0.1, 0.15) is 50.5 Å². The summed E-state index contributed by atoms with van der Waals surface area (Å²) in [7, 11) is 0.